The standard InChI is InChI=1S/C18H26ClFN4O3/c19-15-14-16(21-5-2-7-25-8-3-9-26-14)23-17(22-15)27-12-18-4-1-6-24(18)11-13(20)10-18/h13H,1-12H2,(H,21,22,23)/t13-,18+/m1/s1. The molecule has 3 aliphatic heterocycles. The van der Waals surface area contributed by atoms with Crippen LogP contribution in [0.5, 0.6) is 11.8 Å². The molecule has 2 fully saturated rings. The predicted molar refractivity (Wildman–Crippen MR) is 99.6 cm³/mol. The number of aromatic nitrogens is 2. The molecule has 9 heteroatoms. The minimum atomic E-state index is -0.789. The van der Waals surface area contributed by atoms with Crippen molar-refractivity contribution in [3.63, 3.8) is 0 Å². The van der Waals surface area contributed by atoms with Gasteiger partial charge in [0, 0.05) is 39.1 Å². The molecule has 0 spiro atoms. The van der Waals surface area contributed by atoms with E-state index in [2.05, 4.69) is 20.2 Å². The molecule has 1 aromatic rings. The Bertz CT molecular complexity index is 668. The van der Waals surface area contributed by atoms with Crippen LogP contribution in [0.2, 0.25) is 5.15 Å². The lowest BCUT2D eigenvalue weighted by Gasteiger charge is -2.30. The van der Waals surface area contributed by atoms with Crippen molar-refractivity contribution < 1.29 is 18.6 Å². The number of hydrogen-bond acceptors (Lipinski definition) is 7. The van der Waals surface area contributed by atoms with E-state index in [-0.39, 0.29) is 16.7 Å². The number of alkyl halides is 1. The van der Waals surface area contributed by atoms with Gasteiger partial charge in [0.15, 0.2) is 16.7 Å². The van der Waals surface area contributed by atoms with E-state index in [1.807, 2.05) is 0 Å². The summed E-state index contributed by atoms with van der Waals surface area (Å²) < 4.78 is 31.1. The van der Waals surface area contributed by atoms with Gasteiger partial charge in [0.1, 0.15) is 12.8 Å². The van der Waals surface area contributed by atoms with Gasteiger partial charge < -0.3 is 19.5 Å². The molecule has 150 valence electrons. The summed E-state index contributed by atoms with van der Waals surface area (Å²) in [6, 6.07) is 0.199. The third-order valence-electron chi connectivity index (χ3n) is 5.47. The van der Waals surface area contributed by atoms with Crippen LogP contribution in [0.1, 0.15) is 32.1 Å². The smallest absolute Gasteiger partial charge is 0.320 e. The Morgan fingerprint density at radius 1 is 1.26 bits per heavy atom. The molecule has 2 saturated heterocycles. The zero-order chi connectivity index (χ0) is 18.7. The van der Waals surface area contributed by atoms with Gasteiger partial charge >= 0.3 is 6.01 Å². The van der Waals surface area contributed by atoms with Crippen molar-refractivity contribution in [2.24, 2.45) is 0 Å². The fraction of sp³-hybridized carbons (Fsp3) is 0.778. The van der Waals surface area contributed by atoms with Crippen LogP contribution in [-0.4, -0.2) is 72.6 Å². The molecule has 4 heterocycles. The largest absolute Gasteiger partial charge is 0.487 e. The molecule has 0 aromatic carbocycles. The quantitative estimate of drug-likeness (QED) is 0.782. The first-order chi connectivity index (χ1) is 13.2. The van der Waals surface area contributed by atoms with Gasteiger partial charge in [0.25, 0.3) is 0 Å². The van der Waals surface area contributed by atoms with Crippen LogP contribution in [0.15, 0.2) is 0 Å². The molecule has 0 radical (unpaired) electrons. The van der Waals surface area contributed by atoms with Gasteiger partial charge in [0.2, 0.25) is 0 Å². The Kier molecular flexibility index (Phi) is 5.85. The highest BCUT2D eigenvalue weighted by Crippen LogP contribution is 2.40. The highest BCUT2D eigenvalue weighted by Gasteiger charge is 2.49. The number of rotatable bonds is 3. The Labute approximate surface area is 163 Å². The predicted octanol–water partition coefficient (Wildman–Crippen LogP) is 2.69. The maximum absolute atomic E-state index is 13.9. The van der Waals surface area contributed by atoms with Crippen LogP contribution >= 0.6 is 11.6 Å². The van der Waals surface area contributed by atoms with Crippen LogP contribution in [0.25, 0.3) is 0 Å². The zero-order valence-corrected chi connectivity index (χ0v) is 16.1. The van der Waals surface area contributed by atoms with E-state index >= 15 is 0 Å². The van der Waals surface area contributed by atoms with Crippen LogP contribution in [0.3, 0.4) is 0 Å². The zero-order valence-electron chi connectivity index (χ0n) is 15.4. The lowest BCUT2D eigenvalue weighted by Crippen LogP contribution is -2.43. The molecule has 3 aliphatic rings. The average Bonchev–Trinajstić information content (AvgIpc) is 3.13. The van der Waals surface area contributed by atoms with Gasteiger partial charge in [-0.3, -0.25) is 4.90 Å². The third-order valence-corrected chi connectivity index (χ3v) is 5.73. The summed E-state index contributed by atoms with van der Waals surface area (Å²) >= 11 is 6.34. The van der Waals surface area contributed by atoms with Gasteiger partial charge in [-0.05, 0) is 25.8 Å². The normalized spacial score (nSPS) is 29.2. The number of nitrogens with one attached hydrogen (secondary N) is 1. The van der Waals surface area contributed by atoms with Crippen LogP contribution in [-0.2, 0) is 4.74 Å². The molecule has 7 nitrogen and oxygen atoms in total. The average molecular weight is 401 g/mol. The number of ether oxygens (including phenoxy) is 3. The molecule has 0 saturated carbocycles. The van der Waals surface area contributed by atoms with E-state index in [1.54, 1.807) is 0 Å². The van der Waals surface area contributed by atoms with Crippen molar-refractivity contribution in [1.29, 1.82) is 0 Å². The van der Waals surface area contributed by atoms with E-state index < -0.39 is 6.17 Å². The summed E-state index contributed by atoms with van der Waals surface area (Å²) in [6.45, 7) is 4.30. The topological polar surface area (TPSA) is 68.7 Å². The molecular formula is C18H26ClFN4O3. The summed E-state index contributed by atoms with van der Waals surface area (Å²) in [7, 11) is 0. The van der Waals surface area contributed by atoms with Gasteiger partial charge in [-0.15, -0.1) is 0 Å². The molecule has 0 amide bonds. The van der Waals surface area contributed by atoms with Crippen molar-refractivity contribution in [2.75, 3.05) is 51.4 Å². The van der Waals surface area contributed by atoms with E-state index in [9.17, 15) is 4.39 Å². The monoisotopic (exact) mass is 400 g/mol. The van der Waals surface area contributed by atoms with E-state index in [0.29, 0.717) is 57.5 Å². The summed E-state index contributed by atoms with van der Waals surface area (Å²) in [5.41, 5.74) is -0.242. The van der Waals surface area contributed by atoms with Crippen molar-refractivity contribution >= 4 is 17.4 Å². The summed E-state index contributed by atoms with van der Waals surface area (Å²) in [5, 5.41) is 3.45. The van der Waals surface area contributed by atoms with Crippen LogP contribution in [0.4, 0.5) is 10.2 Å². The van der Waals surface area contributed by atoms with Crippen LogP contribution < -0.4 is 14.8 Å². The third kappa shape index (κ3) is 4.22. The minimum Gasteiger partial charge on any atom is -0.487 e. The Morgan fingerprint density at radius 3 is 3.07 bits per heavy atom. The van der Waals surface area contributed by atoms with Gasteiger partial charge in [-0.2, -0.15) is 9.97 Å². The molecule has 0 aliphatic carbocycles. The number of anilines is 1. The highest BCUT2D eigenvalue weighted by atomic mass is 35.5. The van der Waals surface area contributed by atoms with E-state index in [1.165, 1.54) is 0 Å². The number of hydrogen-bond donors (Lipinski definition) is 1. The SMILES string of the molecule is F[C@H]1CN2CCC[C@@]2(COc2nc(Cl)c3c(n2)NCCCOCCCO3)C1. The van der Waals surface area contributed by atoms with E-state index in [0.717, 1.165) is 32.2 Å². The number of fused-ring (bicyclic) bond motifs is 2. The lowest BCUT2D eigenvalue weighted by atomic mass is 9.95. The fourth-order valence-electron chi connectivity index (χ4n) is 4.18. The maximum atomic E-state index is 13.9. The second-order valence-electron chi connectivity index (χ2n) is 7.43. The molecule has 1 N–H and O–H groups in total. The second-order valence-corrected chi connectivity index (χ2v) is 7.79. The molecule has 4 rings (SSSR count). The number of halogens is 2. The molecule has 27 heavy (non-hydrogen) atoms. The highest BCUT2D eigenvalue weighted by molar-refractivity contribution is 6.31. The Balaban J connectivity index is 1.48. The fourth-order valence-corrected chi connectivity index (χ4v) is 4.40. The van der Waals surface area contributed by atoms with Crippen molar-refractivity contribution in [1.82, 2.24) is 14.9 Å². The maximum Gasteiger partial charge on any atom is 0.320 e. The van der Waals surface area contributed by atoms with E-state index in [4.69, 9.17) is 25.8 Å². The van der Waals surface area contributed by atoms with Gasteiger partial charge in [0.05, 0.1) is 12.1 Å². The van der Waals surface area contributed by atoms with Gasteiger partial charge in [-0.1, -0.05) is 11.6 Å². The molecule has 2 atom stereocenters. The summed E-state index contributed by atoms with van der Waals surface area (Å²) in [6.07, 6.45) is 3.35. The van der Waals surface area contributed by atoms with Crippen LogP contribution in [0, 0.1) is 0 Å². The first-order valence-electron chi connectivity index (χ1n) is 9.70. The molecule has 0 unspecified atom stereocenters. The van der Waals surface area contributed by atoms with Gasteiger partial charge in [-0.25, -0.2) is 4.39 Å². The minimum absolute atomic E-state index is 0.199. The lowest BCUT2D eigenvalue weighted by molar-refractivity contribution is 0.107. The van der Waals surface area contributed by atoms with Crippen molar-refractivity contribution in [3.05, 3.63) is 5.15 Å². The summed E-state index contributed by atoms with van der Waals surface area (Å²) in [4.78, 5) is 10.9. The second kappa shape index (κ2) is 8.32. The Hall–Kier alpha value is -1.38. The summed E-state index contributed by atoms with van der Waals surface area (Å²) in [5.74, 6) is 0.971. The molecule has 1 aromatic heterocycles. The first-order valence-corrected chi connectivity index (χ1v) is 10.1. The molecular weight excluding hydrogens is 375 g/mol. The van der Waals surface area contributed by atoms with Crippen molar-refractivity contribution in [3.8, 4) is 11.8 Å². The Morgan fingerprint density at radius 2 is 2.15 bits per heavy atom. The number of nitrogens with zero attached hydrogens (tertiary/aromatic N) is 3. The first kappa shape index (κ1) is 19.0. The molecule has 0 bridgehead atoms. The van der Waals surface area contributed by atoms with Crippen molar-refractivity contribution in [2.45, 2.75) is 43.8 Å².